The first kappa shape index (κ1) is 15.3. The summed E-state index contributed by atoms with van der Waals surface area (Å²) in [5.74, 6) is -0.248. The summed E-state index contributed by atoms with van der Waals surface area (Å²) >= 11 is 1.39. The van der Waals surface area contributed by atoms with Gasteiger partial charge in [0.05, 0.1) is 5.54 Å². The second kappa shape index (κ2) is 6.12. The van der Waals surface area contributed by atoms with Crippen molar-refractivity contribution in [3.8, 4) is 0 Å². The molecule has 0 spiro atoms. The molecule has 0 atom stereocenters. The van der Waals surface area contributed by atoms with Crippen LogP contribution in [0.5, 0.6) is 0 Å². The van der Waals surface area contributed by atoms with Crippen molar-refractivity contribution >= 4 is 34.8 Å². The first-order valence-corrected chi connectivity index (χ1v) is 5.68. The largest absolute Gasteiger partial charge is 0.318 e. The van der Waals surface area contributed by atoms with Crippen molar-refractivity contribution in [2.45, 2.75) is 39.2 Å². The van der Waals surface area contributed by atoms with Crippen LogP contribution in [-0.4, -0.2) is 21.6 Å². The first-order chi connectivity index (χ1) is 6.93. The lowest BCUT2D eigenvalue weighted by molar-refractivity contribution is -0.120. The molecule has 3 N–H and O–H groups in total. The van der Waals surface area contributed by atoms with E-state index in [0.29, 0.717) is 5.13 Å². The maximum atomic E-state index is 11.5. The summed E-state index contributed by atoms with van der Waals surface area (Å²) in [5.41, 5.74) is 4.74. The van der Waals surface area contributed by atoms with E-state index in [0.717, 1.165) is 17.8 Å². The average molecular weight is 265 g/mol. The zero-order valence-electron chi connectivity index (χ0n) is 9.61. The SMILES string of the molecule is CCCc1nnc(NC(=O)C(C)(C)N)s1.Cl. The van der Waals surface area contributed by atoms with Gasteiger partial charge in [0.25, 0.3) is 0 Å². The summed E-state index contributed by atoms with van der Waals surface area (Å²) < 4.78 is 0. The summed E-state index contributed by atoms with van der Waals surface area (Å²) in [6.07, 6.45) is 1.91. The number of halogens is 1. The van der Waals surface area contributed by atoms with Gasteiger partial charge in [0, 0.05) is 6.42 Å². The molecule has 0 bridgehead atoms. The number of aryl methyl sites for hydroxylation is 1. The average Bonchev–Trinajstić information content (AvgIpc) is 2.51. The van der Waals surface area contributed by atoms with Crippen LogP contribution in [-0.2, 0) is 11.2 Å². The van der Waals surface area contributed by atoms with Crippen LogP contribution in [0.3, 0.4) is 0 Å². The van der Waals surface area contributed by atoms with Gasteiger partial charge in [0.2, 0.25) is 11.0 Å². The van der Waals surface area contributed by atoms with Crippen molar-refractivity contribution in [3.63, 3.8) is 0 Å². The molecule has 0 aliphatic rings. The van der Waals surface area contributed by atoms with Crippen LogP contribution in [0.2, 0.25) is 0 Å². The van der Waals surface area contributed by atoms with Crippen LogP contribution in [0, 0.1) is 0 Å². The van der Waals surface area contributed by atoms with Crippen molar-refractivity contribution < 1.29 is 4.79 Å². The fraction of sp³-hybridized carbons (Fsp3) is 0.667. The number of carbonyl (C=O) groups excluding carboxylic acids is 1. The Morgan fingerprint density at radius 1 is 1.50 bits per heavy atom. The third-order valence-electron chi connectivity index (χ3n) is 1.74. The molecule has 1 amide bonds. The van der Waals surface area contributed by atoms with Crippen molar-refractivity contribution in [2.75, 3.05) is 5.32 Å². The Morgan fingerprint density at radius 2 is 2.12 bits per heavy atom. The number of hydrogen-bond donors (Lipinski definition) is 2. The Kier molecular flexibility index (Phi) is 5.85. The lowest BCUT2D eigenvalue weighted by atomic mass is 10.1. The Balaban J connectivity index is 0.00000225. The molecule has 0 unspecified atom stereocenters. The Bertz CT molecular complexity index is 348. The highest BCUT2D eigenvalue weighted by Crippen LogP contribution is 2.17. The van der Waals surface area contributed by atoms with Gasteiger partial charge in [-0.3, -0.25) is 10.1 Å². The van der Waals surface area contributed by atoms with Crippen molar-refractivity contribution in [3.05, 3.63) is 5.01 Å². The molecule has 0 aliphatic carbocycles. The third-order valence-corrected chi connectivity index (χ3v) is 2.63. The lowest BCUT2D eigenvalue weighted by Crippen LogP contribution is -2.45. The zero-order chi connectivity index (χ0) is 11.5. The number of amides is 1. The second-order valence-electron chi connectivity index (χ2n) is 3.93. The van der Waals surface area contributed by atoms with E-state index < -0.39 is 5.54 Å². The van der Waals surface area contributed by atoms with Crippen LogP contribution in [0.25, 0.3) is 0 Å². The van der Waals surface area contributed by atoms with Crippen LogP contribution >= 0.6 is 23.7 Å². The van der Waals surface area contributed by atoms with E-state index in [1.807, 2.05) is 0 Å². The van der Waals surface area contributed by atoms with E-state index >= 15 is 0 Å². The molecule has 1 aromatic heterocycles. The topological polar surface area (TPSA) is 80.9 Å². The minimum Gasteiger partial charge on any atom is -0.318 e. The van der Waals surface area contributed by atoms with Gasteiger partial charge < -0.3 is 5.73 Å². The molecule has 92 valence electrons. The molecule has 1 rings (SSSR count). The fourth-order valence-corrected chi connectivity index (χ4v) is 1.71. The summed E-state index contributed by atoms with van der Waals surface area (Å²) in [5, 5.41) is 11.9. The third kappa shape index (κ3) is 4.42. The zero-order valence-corrected chi connectivity index (χ0v) is 11.2. The molecule has 5 nitrogen and oxygen atoms in total. The summed E-state index contributed by atoms with van der Waals surface area (Å²) in [6, 6.07) is 0. The van der Waals surface area contributed by atoms with Gasteiger partial charge in [-0.05, 0) is 20.3 Å². The van der Waals surface area contributed by atoms with E-state index in [1.165, 1.54) is 11.3 Å². The molecule has 1 aromatic rings. The molecule has 0 saturated carbocycles. The molecule has 1 heterocycles. The smallest absolute Gasteiger partial charge is 0.245 e. The first-order valence-electron chi connectivity index (χ1n) is 4.86. The Labute approximate surface area is 105 Å². The summed E-state index contributed by atoms with van der Waals surface area (Å²) in [7, 11) is 0. The molecule has 0 aliphatic heterocycles. The van der Waals surface area contributed by atoms with Crippen LogP contribution in [0.1, 0.15) is 32.2 Å². The monoisotopic (exact) mass is 264 g/mol. The molecule has 0 radical (unpaired) electrons. The van der Waals surface area contributed by atoms with Crippen molar-refractivity contribution in [1.82, 2.24) is 10.2 Å². The number of carbonyl (C=O) groups is 1. The molecular formula is C9H17ClN4OS. The Morgan fingerprint density at radius 3 is 2.62 bits per heavy atom. The van der Waals surface area contributed by atoms with E-state index in [9.17, 15) is 4.79 Å². The Hall–Kier alpha value is -0.720. The minimum atomic E-state index is -0.892. The van der Waals surface area contributed by atoms with E-state index in [1.54, 1.807) is 13.8 Å². The highest BCUT2D eigenvalue weighted by Gasteiger charge is 2.22. The quantitative estimate of drug-likeness (QED) is 0.865. The number of aromatic nitrogens is 2. The van der Waals surface area contributed by atoms with E-state index in [4.69, 9.17) is 5.73 Å². The molecule has 7 heteroatoms. The van der Waals surface area contributed by atoms with Crippen LogP contribution < -0.4 is 11.1 Å². The van der Waals surface area contributed by atoms with Crippen molar-refractivity contribution in [1.29, 1.82) is 0 Å². The van der Waals surface area contributed by atoms with E-state index in [2.05, 4.69) is 22.4 Å². The highest BCUT2D eigenvalue weighted by molar-refractivity contribution is 7.15. The summed E-state index contributed by atoms with van der Waals surface area (Å²) in [4.78, 5) is 11.5. The second-order valence-corrected chi connectivity index (χ2v) is 4.99. The lowest BCUT2D eigenvalue weighted by Gasteiger charge is -2.15. The molecule has 0 fully saturated rings. The van der Waals surface area contributed by atoms with Crippen molar-refractivity contribution in [2.24, 2.45) is 5.73 Å². The number of nitrogens with zero attached hydrogens (tertiary/aromatic N) is 2. The molecule has 16 heavy (non-hydrogen) atoms. The maximum absolute atomic E-state index is 11.5. The van der Waals surface area contributed by atoms with Crippen LogP contribution in [0.4, 0.5) is 5.13 Å². The number of nitrogens with two attached hydrogens (primary N) is 1. The van der Waals surface area contributed by atoms with Gasteiger partial charge in [-0.25, -0.2) is 0 Å². The number of anilines is 1. The predicted molar refractivity (Wildman–Crippen MR) is 68.0 cm³/mol. The van der Waals surface area contributed by atoms with E-state index in [-0.39, 0.29) is 18.3 Å². The number of rotatable bonds is 4. The minimum absolute atomic E-state index is 0. The van der Waals surface area contributed by atoms with Gasteiger partial charge in [0.1, 0.15) is 5.01 Å². The van der Waals surface area contributed by atoms with Gasteiger partial charge in [-0.1, -0.05) is 18.3 Å². The molecule has 0 saturated heterocycles. The normalized spacial score (nSPS) is 10.8. The van der Waals surface area contributed by atoms with Gasteiger partial charge in [0.15, 0.2) is 0 Å². The predicted octanol–water partition coefficient (Wildman–Crippen LogP) is 1.59. The standard InChI is InChI=1S/C9H16N4OS.ClH/c1-4-5-6-12-13-8(15-6)11-7(14)9(2,3)10;/h4-5,10H2,1-3H3,(H,11,13,14);1H. The molecular weight excluding hydrogens is 248 g/mol. The van der Waals surface area contributed by atoms with Gasteiger partial charge in [-0.15, -0.1) is 22.6 Å². The number of nitrogens with one attached hydrogen (secondary N) is 1. The van der Waals surface area contributed by atoms with Gasteiger partial charge >= 0.3 is 0 Å². The summed E-state index contributed by atoms with van der Waals surface area (Å²) in [6.45, 7) is 5.37. The van der Waals surface area contributed by atoms with Crippen LogP contribution in [0.15, 0.2) is 0 Å². The van der Waals surface area contributed by atoms with Gasteiger partial charge in [-0.2, -0.15) is 0 Å². The fourth-order valence-electron chi connectivity index (χ4n) is 0.877. The maximum Gasteiger partial charge on any atom is 0.245 e. The highest BCUT2D eigenvalue weighted by atomic mass is 35.5. The molecule has 0 aromatic carbocycles. The number of hydrogen-bond acceptors (Lipinski definition) is 5.